The van der Waals surface area contributed by atoms with Crippen molar-refractivity contribution in [2.45, 2.75) is 12.8 Å². The number of nitro groups is 1. The van der Waals surface area contributed by atoms with Gasteiger partial charge in [0.2, 0.25) is 5.75 Å². The molecule has 0 saturated heterocycles. The van der Waals surface area contributed by atoms with Gasteiger partial charge in [0, 0.05) is 11.9 Å². The van der Waals surface area contributed by atoms with Gasteiger partial charge in [-0.1, -0.05) is 12.1 Å². The molecule has 4 nitrogen and oxygen atoms in total. The first-order chi connectivity index (χ1) is 9.51. The Hall–Kier alpha value is -1.59. The van der Waals surface area contributed by atoms with Gasteiger partial charge in [0.15, 0.2) is 0 Å². The number of hydrogen-bond acceptors (Lipinski definition) is 3. The molecule has 0 atom stereocenters. The van der Waals surface area contributed by atoms with Gasteiger partial charge in [-0.2, -0.15) is 0 Å². The first-order valence-electron chi connectivity index (χ1n) is 5.78. The van der Waals surface area contributed by atoms with Gasteiger partial charge in [0.25, 0.3) is 0 Å². The van der Waals surface area contributed by atoms with Crippen LogP contribution in [-0.2, 0) is 5.88 Å². The molecule has 0 bridgehead atoms. The average molecular weight is 357 g/mol. The summed E-state index contributed by atoms with van der Waals surface area (Å²) in [6.45, 7) is 1.79. The Kier molecular flexibility index (Phi) is 4.62. The van der Waals surface area contributed by atoms with E-state index in [0.717, 1.165) is 11.1 Å². The molecule has 0 aliphatic rings. The molecule has 2 aromatic rings. The summed E-state index contributed by atoms with van der Waals surface area (Å²) in [7, 11) is 0. The summed E-state index contributed by atoms with van der Waals surface area (Å²) in [4.78, 5) is 10.6. The quantitative estimate of drug-likeness (QED) is 0.430. The van der Waals surface area contributed by atoms with Gasteiger partial charge in [-0.25, -0.2) is 0 Å². The molecule has 20 heavy (non-hydrogen) atoms. The molecular weight excluding hydrogens is 346 g/mol. The second-order valence-corrected chi connectivity index (χ2v) is 5.35. The van der Waals surface area contributed by atoms with Gasteiger partial charge >= 0.3 is 5.69 Å². The van der Waals surface area contributed by atoms with Crippen molar-refractivity contribution in [1.29, 1.82) is 0 Å². The number of aryl methyl sites for hydroxylation is 1. The van der Waals surface area contributed by atoms with Gasteiger partial charge in [0.05, 0.1) is 9.40 Å². The Bertz CT molecular complexity index is 661. The normalized spacial score (nSPS) is 10.3. The van der Waals surface area contributed by atoms with E-state index in [1.165, 1.54) is 6.07 Å². The summed E-state index contributed by atoms with van der Waals surface area (Å²) >= 11 is 9.11. The Morgan fingerprint density at radius 3 is 2.55 bits per heavy atom. The highest BCUT2D eigenvalue weighted by atomic mass is 79.9. The van der Waals surface area contributed by atoms with Crippen LogP contribution >= 0.6 is 27.5 Å². The number of halogens is 2. The minimum absolute atomic E-state index is 0.0571. The van der Waals surface area contributed by atoms with Crippen molar-refractivity contribution >= 4 is 33.2 Å². The Labute approximate surface area is 129 Å². The van der Waals surface area contributed by atoms with Gasteiger partial charge < -0.3 is 4.74 Å². The van der Waals surface area contributed by atoms with E-state index < -0.39 is 4.92 Å². The number of benzene rings is 2. The molecular formula is C14H11BrClNO3. The third-order valence-corrected chi connectivity index (χ3v) is 3.61. The first-order valence-corrected chi connectivity index (χ1v) is 7.11. The zero-order valence-corrected chi connectivity index (χ0v) is 12.9. The van der Waals surface area contributed by atoms with Crippen LogP contribution in [0.15, 0.2) is 40.9 Å². The number of nitrogens with zero attached hydrogens (tertiary/aromatic N) is 1. The van der Waals surface area contributed by atoms with Gasteiger partial charge in [-0.15, -0.1) is 11.6 Å². The summed E-state index contributed by atoms with van der Waals surface area (Å²) in [6, 6.07) is 10.2. The van der Waals surface area contributed by atoms with Crippen LogP contribution in [0.5, 0.6) is 11.5 Å². The van der Waals surface area contributed by atoms with Crippen molar-refractivity contribution in [3.63, 3.8) is 0 Å². The maximum absolute atomic E-state index is 11.0. The second-order valence-electron chi connectivity index (χ2n) is 4.23. The van der Waals surface area contributed by atoms with Crippen LogP contribution in [-0.4, -0.2) is 4.92 Å². The van der Waals surface area contributed by atoms with E-state index in [0.29, 0.717) is 16.1 Å². The molecule has 0 fully saturated rings. The van der Waals surface area contributed by atoms with Crippen molar-refractivity contribution in [3.05, 3.63) is 62.1 Å². The molecule has 0 aliphatic heterocycles. The zero-order valence-electron chi connectivity index (χ0n) is 10.6. The van der Waals surface area contributed by atoms with E-state index in [2.05, 4.69) is 15.9 Å². The smallest absolute Gasteiger partial charge is 0.311 e. The predicted molar refractivity (Wildman–Crippen MR) is 81.6 cm³/mol. The van der Waals surface area contributed by atoms with Crippen LogP contribution < -0.4 is 4.74 Å². The third-order valence-electron chi connectivity index (χ3n) is 2.68. The predicted octanol–water partition coefficient (Wildman–Crippen LogP) is 5.20. The van der Waals surface area contributed by atoms with Crippen LogP contribution in [0.2, 0.25) is 0 Å². The SMILES string of the molecule is Cc1ccc(Oc2ccc(CCl)cc2Br)c([N+](=O)[O-])c1. The molecule has 6 heteroatoms. The molecule has 0 heterocycles. The number of hydrogen-bond donors (Lipinski definition) is 0. The summed E-state index contributed by atoms with van der Waals surface area (Å²) in [6.07, 6.45) is 0. The molecule has 2 aromatic carbocycles. The van der Waals surface area contributed by atoms with Crippen molar-refractivity contribution in [1.82, 2.24) is 0 Å². The summed E-state index contributed by atoms with van der Waals surface area (Å²) < 4.78 is 6.32. The number of ether oxygens (including phenoxy) is 1. The Morgan fingerprint density at radius 2 is 1.95 bits per heavy atom. The lowest BCUT2D eigenvalue weighted by atomic mass is 10.2. The third kappa shape index (κ3) is 3.29. The lowest BCUT2D eigenvalue weighted by Gasteiger charge is -2.09. The monoisotopic (exact) mass is 355 g/mol. The largest absolute Gasteiger partial charge is 0.449 e. The minimum Gasteiger partial charge on any atom is -0.449 e. The van der Waals surface area contributed by atoms with E-state index in [1.54, 1.807) is 25.1 Å². The molecule has 104 valence electrons. The highest BCUT2D eigenvalue weighted by Gasteiger charge is 2.16. The van der Waals surface area contributed by atoms with E-state index >= 15 is 0 Å². The van der Waals surface area contributed by atoms with Crippen molar-refractivity contribution in [2.75, 3.05) is 0 Å². The lowest BCUT2D eigenvalue weighted by Crippen LogP contribution is -1.95. The highest BCUT2D eigenvalue weighted by Crippen LogP contribution is 2.36. The van der Waals surface area contributed by atoms with Crippen LogP contribution in [0.4, 0.5) is 5.69 Å². The van der Waals surface area contributed by atoms with Crippen molar-refractivity contribution in [2.24, 2.45) is 0 Å². The fourth-order valence-electron chi connectivity index (χ4n) is 1.69. The second kappa shape index (κ2) is 6.24. The van der Waals surface area contributed by atoms with Crippen LogP contribution in [0, 0.1) is 17.0 Å². The Balaban J connectivity index is 2.37. The number of nitro benzene ring substituents is 1. The van der Waals surface area contributed by atoms with Gasteiger partial charge in [-0.3, -0.25) is 10.1 Å². The molecule has 0 aromatic heterocycles. The minimum atomic E-state index is -0.455. The van der Waals surface area contributed by atoms with Crippen LogP contribution in [0.25, 0.3) is 0 Å². The molecule has 0 spiro atoms. The fraction of sp³-hybridized carbons (Fsp3) is 0.143. The molecule has 0 aliphatic carbocycles. The molecule has 2 rings (SSSR count). The van der Waals surface area contributed by atoms with Crippen molar-refractivity contribution < 1.29 is 9.66 Å². The molecule has 0 amide bonds. The maximum Gasteiger partial charge on any atom is 0.311 e. The molecule has 0 saturated carbocycles. The zero-order chi connectivity index (χ0) is 14.7. The van der Waals surface area contributed by atoms with E-state index in [9.17, 15) is 10.1 Å². The number of alkyl halides is 1. The maximum atomic E-state index is 11.0. The molecule has 0 N–H and O–H groups in total. The highest BCUT2D eigenvalue weighted by molar-refractivity contribution is 9.10. The van der Waals surface area contributed by atoms with E-state index in [4.69, 9.17) is 16.3 Å². The van der Waals surface area contributed by atoms with E-state index in [-0.39, 0.29) is 11.4 Å². The topological polar surface area (TPSA) is 52.4 Å². The van der Waals surface area contributed by atoms with Crippen molar-refractivity contribution in [3.8, 4) is 11.5 Å². The standard InChI is InChI=1S/C14H11BrClNO3/c1-9-2-4-14(12(6-9)17(18)19)20-13-5-3-10(8-16)7-11(13)15/h2-7H,8H2,1H3. The van der Waals surface area contributed by atoms with Crippen LogP contribution in [0.1, 0.15) is 11.1 Å². The average Bonchev–Trinajstić information content (AvgIpc) is 2.42. The number of rotatable bonds is 4. The first kappa shape index (κ1) is 14.8. The van der Waals surface area contributed by atoms with Gasteiger partial charge in [0.1, 0.15) is 5.75 Å². The molecule has 0 radical (unpaired) electrons. The molecule has 0 unspecified atom stereocenters. The summed E-state index contributed by atoms with van der Waals surface area (Å²) in [5, 5.41) is 11.0. The van der Waals surface area contributed by atoms with E-state index in [1.807, 2.05) is 12.1 Å². The van der Waals surface area contributed by atoms with Crippen LogP contribution in [0.3, 0.4) is 0 Å². The van der Waals surface area contributed by atoms with Gasteiger partial charge in [-0.05, 0) is 52.2 Å². The summed E-state index contributed by atoms with van der Waals surface area (Å²) in [5.74, 6) is 1.11. The fourth-order valence-corrected chi connectivity index (χ4v) is 2.36. The Morgan fingerprint density at radius 1 is 1.25 bits per heavy atom. The summed E-state index contributed by atoms with van der Waals surface area (Å²) in [5.41, 5.74) is 1.68. The lowest BCUT2D eigenvalue weighted by molar-refractivity contribution is -0.385.